The van der Waals surface area contributed by atoms with Gasteiger partial charge in [0.2, 0.25) is 5.91 Å². The van der Waals surface area contributed by atoms with E-state index in [0.717, 1.165) is 21.3 Å². The molecule has 2 N–H and O–H groups in total. The van der Waals surface area contributed by atoms with Crippen LogP contribution in [-0.4, -0.2) is 29.4 Å². The molecule has 3 rings (SSSR count). The molecule has 0 saturated carbocycles. The Morgan fingerprint density at radius 1 is 1.21 bits per heavy atom. The van der Waals surface area contributed by atoms with Gasteiger partial charge in [0, 0.05) is 15.9 Å². The molecule has 0 bridgehead atoms. The van der Waals surface area contributed by atoms with Gasteiger partial charge in [0.15, 0.2) is 5.17 Å². The summed E-state index contributed by atoms with van der Waals surface area (Å²) in [6.07, 6.45) is 0. The largest absolute Gasteiger partial charge is 0.463 e. The number of para-hydroxylation sites is 1. The van der Waals surface area contributed by atoms with E-state index in [4.69, 9.17) is 9.73 Å². The fraction of sp³-hybridized carbons (Fsp3) is 0.320. The van der Waals surface area contributed by atoms with Gasteiger partial charge in [0.25, 0.3) is 0 Å². The Bertz CT molecular complexity index is 1100. The number of thioether (sulfide) groups is 1. The van der Waals surface area contributed by atoms with Crippen LogP contribution >= 0.6 is 27.7 Å². The van der Waals surface area contributed by atoms with Crippen molar-refractivity contribution in [2.24, 2.45) is 4.99 Å². The first kappa shape index (κ1) is 25.1. The highest BCUT2D eigenvalue weighted by Gasteiger charge is 2.30. The van der Waals surface area contributed by atoms with Crippen LogP contribution in [-0.2, 0) is 14.3 Å². The van der Waals surface area contributed by atoms with E-state index < -0.39 is 12.0 Å². The third-order valence-corrected chi connectivity index (χ3v) is 6.46. The highest BCUT2D eigenvalue weighted by molar-refractivity contribution is 9.10. The summed E-state index contributed by atoms with van der Waals surface area (Å²) in [6, 6.07) is 15.0. The Morgan fingerprint density at radius 3 is 2.67 bits per heavy atom. The maximum atomic E-state index is 12.7. The zero-order valence-electron chi connectivity index (χ0n) is 19.1. The molecule has 6 nitrogen and oxygen atoms in total. The fourth-order valence-corrected chi connectivity index (χ4v) is 4.71. The summed E-state index contributed by atoms with van der Waals surface area (Å²) in [5.74, 6) is -0.0257. The fourth-order valence-electron chi connectivity index (χ4n) is 3.55. The van der Waals surface area contributed by atoms with Crippen molar-refractivity contribution < 1.29 is 14.3 Å². The maximum absolute atomic E-state index is 12.7. The number of halogens is 1. The van der Waals surface area contributed by atoms with Crippen LogP contribution in [0.5, 0.6) is 0 Å². The number of carbonyl (C=O) groups excluding carboxylic acids is 2. The molecule has 1 heterocycles. The Hall–Kier alpha value is -2.58. The van der Waals surface area contributed by atoms with Crippen LogP contribution in [0.3, 0.4) is 0 Å². The third kappa shape index (κ3) is 6.48. The highest BCUT2D eigenvalue weighted by atomic mass is 79.9. The van der Waals surface area contributed by atoms with Crippen LogP contribution in [0.1, 0.15) is 50.8 Å². The molecule has 1 aliphatic rings. The summed E-state index contributed by atoms with van der Waals surface area (Å²) < 4.78 is 6.17. The number of amidine groups is 1. The number of nitrogens with one attached hydrogen (secondary N) is 2. The zero-order chi connectivity index (χ0) is 24.0. The average Bonchev–Trinajstić information content (AvgIpc) is 2.77. The monoisotopic (exact) mass is 529 g/mol. The average molecular weight is 530 g/mol. The molecule has 0 spiro atoms. The number of hydrogen-bond donors (Lipinski definition) is 2. The molecule has 0 aliphatic carbocycles. The molecule has 0 unspecified atom stereocenters. The molecule has 174 valence electrons. The van der Waals surface area contributed by atoms with Crippen molar-refractivity contribution in [2.45, 2.75) is 39.7 Å². The van der Waals surface area contributed by atoms with Gasteiger partial charge >= 0.3 is 5.97 Å². The quantitative estimate of drug-likeness (QED) is 0.444. The lowest BCUT2D eigenvalue weighted by atomic mass is 9.97. The minimum absolute atomic E-state index is 0.116. The van der Waals surface area contributed by atoms with E-state index in [0.29, 0.717) is 22.4 Å². The Kier molecular flexibility index (Phi) is 8.74. The van der Waals surface area contributed by atoms with E-state index in [2.05, 4.69) is 40.4 Å². The molecule has 0 aromatic heterocycles. The summed E-state index contributed by atoms with van der Waals surface area (Å²) in [5, 5.41) is 6.75. The van der Waals surface area contributed by atoms with E-state index in [1.807, 2.05) is 55.5 Å². The number of hydrogen-bond acceptors (Lipinski definition) is 6. The number of ether oxygens (including phenoxy) is 1. The predicted molar refractivity (Wildman–Crippen MR) is 138 cm³/mol. The first-order valence-corrected chi connectivity index (χ1v) is 12.6. The molecule has 0 saturated heterocycles. The molecule has 8 heteroatoms. The first-order chi connectivity index (χ1) is 15.8. The smallest absolute Gasteiger partial charge is 0.338 e. The lowest BCUT2D eigenvalue weighted by Gasteiger charge is -2.26. The summed E-state index contributed by atoms with van der Waals surface area (Å²) in [4.78, 5) is 30.1. The van der Waals surface area contributed by atoms with Gasteiger partial charge in [0.1, 0.15) is 6.04 Å². The van der Waals surface area contributed by atoms with Crippen LogP contribution < -0.4 is 10.6 Å². The van der Waals surface area contributed by atoms with Gasteiger partial charge in [-0.1, -0.05) is 71.9 Å². The number of rotatable bonds is 7. The Morgan fingerprint density at radius 2 is 1.97 bits per heavy atom. The van der Waals surface area contributed by atoms with Gasteiger partial charge in [-0.25, -0.2) is 9.79 Å². The number of benzene rings is 2. The van der Waals surface area contributed by atoms with Crippen molar-refractivity contribution >= 4 is 50.4 Å². The van der Waals surface area contributed by atoms with Crippen LogP contribution in [0.2, 0.25) is 0 Å². The third-order valence-electron chi connectivity index (χ3n) is 5.07. The Labute approximate surface area is 207 Å². The molecule has 1 amide bonds. The number of anilines is 1. The second kappa shape index (κ2) is 11.5. The van der Waals surface area contributed by atoms with Crippen molar-refractivity contribution in [3.8, 4) is 0 Å². The molecule has 0 radical (unpaired) electrons. The van der Waals surface area contributed by atoms with E-state index in [1.54, 1.807) is 6.92 Å². The van der Waals surface area contributed by atoms with Gasteiger partial charge in [-0.05, 0) is 49.1 Å². The van der Waals surface area contributed by atoms with E-state index >= 15 is 0 Å². The van der Waals surface area contributed by atoms with Crippen molar-refractivity contribution in [1.82, 2.24) is 5.32 Å². The summed E-state index contributed by atoms with van der Waals surface area (Å²) in [5.41, 5.74) is 3.92. The van der Waals surface area contributed by atoms with Crippen molar-refractivity contribution in [1.29, 1.82) is 0 Å². The predicted octanol–water partition coefficient (Wildman–Crippen LogP) is 5.78. The molecule has 33 heavy (non-hydrogen) atoms. The van der Waals surface area contributed by atoms with Gasteiger partial charge < -0.3 is 15.4 Å². The van der Waals surface area contributed by atoms with Crippen LogP contribution in [0.25, 0.3) is 0 Å². The van der Waals surface area contributed by atoms with Gasteiger partial charge in [-0.3, -0.25) is 4.79 Å². The van der Waals surface area contributed by atoms with Crippen LogP contribution in [0.15, 0.2) is 69.3 Å². The second-order valence-electron chi connectivity index (χ2n) is 7.85. The number of aliphatic imine (C=N–C) groups is 1. The lowest BCUT2D eigenvalue weighted by Crippen LogP contribution is -2.31. The minimum atomic E-state index is -0.518. The number of amides is 1. The second-order valence-corrected chi connectivity index (χ2v) is 9.73. The summed E-state index contributed by atoms with van der Waals surface area (Å²) >= 11 is 4.79. The van der Waals surface area contributed by atoms with E-state index in [1.165, 1.54) is 11.8 Å². The van der Waals surface area contributed by atoms with Gasteiger partial charge in [-0.2, -0.15) is 0 Å². The number of carbonyl (C=O) groups is 2. The van der Waals surface area contributed by atoms with Crippen molar-refractivity contribution in [3.63, 3.8) is 0 Å². The zero-order valence-corrected chi connectivity index (χ0v) is 21.5. The summed E-state index contributed by atoms with van der Waals surface area (Å²) in [7, 11) is 0. The van der Waals surface area contributed by atoms with Crippen LogP contribution in [0, 0.1) is 0 Å². The topological polar surface area (TPSA) is 79.8 Å². The van der Waals surface area contributed by atoms with Crippen LogP contribution in [0.4, 0.5) is 5.69 Å². The first-order valence-electron chi connectivity index (χ1n) is 10.8. The van der Waals surface area contributed by atoms with E-state index in [-0.39, 0.29) is 18.3 Å². The maximum Gasteiger partial charge on any atom is 0.338 e. The SMILES string of the molecule is CCOC(=O)C1=C(C)NC(SCC(=O)Nc2ccccc2C(C)C)=N[C@@H]1c1cccc(Br)c1. The number of allylic oxidation sites excluding steroid dienone is 1. The molecule has 2 aromatic rings. The highest BCUT2D eigenvalue weighted by Crippen LogP contribution is 2.34. The number of esters is 1. The minimum Gasteiger partial charge on any atom is -0.463 e. The van der Waals surface area contributed by atoms with Crippen molar-refractivity contribution in [3.05, 3.63) is 75.4 Å². The molecule has 2 aromatic carbocycles. The molecular weight excluding hydrogens is 502 g/mol. The molecule has 0 fully saturated rings. The molecular formula is C25H28BrN3O3S. The standard InChI is InChI=1S/C25H28BrN3O3S/c1-5-32-24(31)22-16(4)27-25(29-23(22)17-9-8-10-18(26)13-17)33-14-21(30)28-20-12-7-6-11-19(20)15(2)3/h6-13,15,23H,5,14H2,1-4H3,(H,27,29)(H,28,30)/t23-/m1/s1. The van der Waals surface area contributed by atoms with Gasteiger partial charge in [0.05, 0.1) is 17.9 Å². The Balaban J connectivity index is 1.77. The van der Waals surface area contributed by atoms with E-state index in [9.17, 15) is 9.59 Å². The molecule has 1 atom stereocenters. The van der Waals surface area contributed by atoms with Gasteiger partial charge in [-0.15, -0.1) is 0 Å². The molecule has 1 aliphatic heterocycles. The summed E-state index contributed by atoms with van der Waals surface area (Å²) in [6.45, 7) is 8.08. The normalized spacial score (nSPS) is 15.7. The number of nitrogens with zero attached hydrogens (tertiary/aromatic N) is 1. The lowest BCUT2D eigenvalue weighted by molar-refractivity contribution is -0.139. The van der Waals surface area contributed by atoms with Crippen molar-refractivity contribution in [2.75, 3.05) is 17.7 Å².